The highest BCUT2D eigenvalue weighted by Crippen LogP contribution is 2.58. The lowest BCUT2D eigenvalue weighted by molar-refractivity contribution is -0.169. The number of carbonyl (C=O) groups excluding carboxylic acids is 3. The van der Waals surface area contributed by atoms with E-state index >= 15 is 0 Å². The maximum atomic E-state index is 12.5. The lowest BCUT2D eigenvalue weighted by Gasteiger charge is -2.30. The molecular weight excluding hydrogens is 356 g/mol. The van der Waals surface area contributed by atoms with Gasteiger partial charge in [0.1, 0.15) is 18.3 Å². The quantitative estimate of drug-likeness (QED) is 0.399. The van der Waals surface area contributed by atoms with E-state index in [1.807, 2.05) is 0 Å². The molecule has 8 nitrogen and oxygen atoms in total. The second-order valence-corrected chi connectivity index (χ2v) is 7.89. The first-order valence-corrected chi connectivity index (χ1v) is 9.12. The topological polar surface area (TPSA) is 116 Å². The van der Waals surface area contributed by atoms with E-state index < -0.39 is 65.9 Å². The van der Waals surface area contributed by atoms with Crippen LogP contribution in [0.1, 0.15) is 33.6 Å². The monoisotopic (exact) mass is 380 g/mol. The van der Waals surface area contributed by atoms with Gasteiger partial charge in [-0.1, -0.05) is 13.5 Å². The van der Waals surface area contributed by atoms with E-state index in [1.54, 1.807) is 13.8 Å². The molecule has 3 rings (SSSR count). The predicted octanol–water partition coefficient (Wildman–Crippen LogP) is 1.32. The number of carboxylic acids is 1. The zero-order valence-corrected chi connectivity index (χ0v) is 15.5. The van der Waals surface area contributed by atoms with E-state index in [1.165, 1.54) is 6.92 Å². The summed E-state index contributed by atoms with van der Waals surface area (Å²) in [4.78, 5) is 47.6. The van der Waals surface area contributed by atoms with E-state index in [9.17, 15) is 24.3 Å². The fourth-order valence-electron chi connectivity index (χ4n) is 4.66. The van der Waals surface area contributed by atoms with Crippen LogP contribution in [0.5, 0.6) is 0 Å². The summed E-state index contributed by atoms with van der Waals surface area (Å²) >= 11 is 0. The molecular formula is C19H24O8. The van der Waals surface area contributed by atoms with Crippen molar-refractivity contribution >= 4 is 23.9 Å². The van der Waals surface area contributed by atoms with Gasteiger partial charge in [0.15, 0.2) is 0 Å². The van der Waals surface area contributed by atoms with E-state index in [4.69, 9.17) is 14.2 Å². The van der Waals surface area contributed by atoms with Crippen molar-refractivity contribution < 1.29 is 38.5 Å². The summed E-state index contributed by atoms with van der Waals surface area (Å²) in [5.74, 6) is -5.29. The number of hydrogen-bond acceptors (Lipinski definition) is 7. The molecule has 1 aliphatic heterocycles. The van der Waals surface area contributed by atoms with Crippen LogP contribution in [-0.4, -0.2) is 47.3 Å². The van der Waals surface area contributed by atoms with Crippen LogP contribution in [0.4, 0.5) is 0 Å². The van der Waals surface area contributed by atoms with Gasteiger partial charge in [0, 0.05) is 17.4 Å². The Morgan fingerprint density at radius 3 is 2.56 bits per heavy atom. The zero-order valence-electron chi connectivity index (χ0n) is 15.5. The van der Waals surface area contributed by atoms with E-state index in [0.29, 0.717) is 6.42 Å². The van der Waals surface area contributed by atoms with Gasteiger partial charge in [0.2, 0.25) is 0 Å². The summed E-state index contributed by atoms with van der Waals surface area (Å²) in [6, 6.07) is 0. The summed E-state index contributed by atoms with van der Waals surface area (Å²) in [6.45, 7) is 8.37. The van der Waals surface area contributed by atoms with Gasteiger partial charge in [0.25, 0.3) is 0 Å². The minimum atomic E-state index is -1.06. The van der Waals surface area contributed by atoms with Gasteiger partial charge < -0.3 is 19.3 Å². The molecule has 8 unspecified atom stereocenters. The summed E-state index contributed by atoms with van der Waals surface area (Å²) in [6.07, 6.45) is -1.03. The maximum absolute atomic E-state index is 12.5. The molecule has 0 amide bonds. The van der Waals surface area contributed by atoms with Gasteiger partial charge in [-0.3, -0.25) is 14.4 Å². The summed E-state index contributed by atoms with van der Waals surface area (Å²) < 4.78 is 16.1. The molecule has 1 N–H and O–H groups in total. The van der Waals surface area contributed by atoms with Gasteiger partial charge in [-0.2, -0.15) is 0 Å². The van der Waals surface area contributed by atoms with Crippen LogP contribution in [0.2, 0.25) is 0 Å². The van der Waals surface area contributed by atoms with Crippen molar-refractivity contribution in [3.63, 3.8) is 0 Å². The summed E-state index contributed by atoms with van der Waals surface area (Å²) in [5.41, 5.74) is 0.274. The van der Waals surface area contributed by atoms with Gasteiger partial charge in [-0.15, -0.1) is 0 Å². The Bertz CT molecular complexity index is 698. The standard InChI is InChI=1S/C19H24O8/c1-7(2)17(22)25-9(4)5-8(3)18(23)26-14-10-6-11-13(12(10)16(20)21)19(24)27-15(11)14/h8-15H,1,5-6H2,2-4H3,(H,20,21). The van der Waals surface area contributed by atoms with Crippen molar-refractivity contribution in [3.05, 3.63) is 12.2 Å². The number of ether oxygens (including phenoxy) is 3. The molecule has 27 heavy (non-hydrogen) atoms. The van der Waals surface area contributed by atoms with Crippen LogP contribution in [0, 0.1) is 29.6 Å². The molecule has 8 atom stereocenters. The molecule has 0 aromatic carbocycles. The molecule has 0 aromatic heterocycles. The van der Waals surface area contributed by atoms with Crippen molar-refractivity contribution in [1.82, 2.24) is 0 Å². The first-order chi connectivity index (χ1) is 12.6. The fraction of sp³-hybridized carbons (Fsp3) is 0.684. The largest absolute Gasteiger partial charge is 0.481 e. The minimum Gasteiger partial charge on any atom is -0.481 e. The molecule has 1 saturated heterocycles. The SMILES string of the molecule is C=C(C)C(=O)OC(C)CC(C)C(=O)OC1C2CC3C1OC(=O)C3C2C(=O)O. The molecule has 0 spiro atoms. The third-order valence-corrected chi connectivity index (χ3v) is 5.83. The molecule has 3 aliphatic rings. The normalized spacial score (nSPS) is 35.3. The molecule has 2 saturated carbocycles. The number of carboxylic acid groups (broad SMARTS) is 1. The molecule has 148 valence electrons. The van der Waals surface area contributed by atoms with Crippen LogP contribution in [0.25, 0.3) is 0 Å². The molecule has 1 heterocycles. The Morgan fingerprint density at radius 1 is 1.30 bits per heavy atom. The third kappa shape index (κ3) is 3.33. The van der Waals surface area contributed by atoms with Crippen molar-refractivity contribution in [2.75, 3.05) is 0 Å². The molecule has 0 radical (unpaired) electrons. The Hall–Kier alpha value is -2.38. The van der Waals surface area contributed by atoms with Crippen molar-refractivity contribution in [2.45, 2.75) is 51.9 Å². The van der Waals surface area contributed by atoms with Gasteiger partial charge in [0.05, 0.1) is 17.8 Å². The van der Waals surface area contributed by atoms with Crippen LogP contribution in [-0.2, 0) is 33.4 Å². The molecule has 8 heteroatoms. The Balaban J connectivity index is 1.61. The van der Waals surface area contributed by atoms with Gasteiger partial charge >= 0.3 is 23.9 Å². The maximum Gasteiger partial charge on any atom is 0.333 e. The van der Waals surface area contributed by atoms with Crippen molar-refractivity contribution in [1.29, 1.82) is 0 Å². The second kappa shape index (κ2) is 6.98. The number of carbonyl (C=O) groups is 4. The minimum absolute atomic E-state index is 0.202. The molecule has 0 aromatic rings. The van der Waals surface area contributed by atoms with E-state index in [2.05, 4.69) is 6.58 Å². The van der Waals surface area contributed by atoms with Crippen LogP contribution in [0.3, 0.4) is 0 Å². The fourth-order valence-corrected chi connectivity index (χ4v) is 4.66. The third-order valence-electron chi connectivity index (χ3n) is 5.83. The summed E-state index contributed by atoms with van der Waals surface area (Å²) in [7, 11) is 0. The van der Waals surface area contributed by atoms with Gasteiger partial charge in [-0.05, 0) is 26.7 Å². The second-order valence-electron chi connectivity index (χ2n) is 7.89. The van der Waals surface area contributed by atoms with E-state index in [0.717, 1.165) is 0 Å². The number of esters is 3. The first-order valence-electron chi connectivity index (χ1n) is 9.12. The van der Waals surface area contributed by atoms with E-state index in [-0.39, 0.29) is 17.9 Å². The predicted molar refractivity (Wildman–Crippen MR) is 90.1 cm³/mol. The lowest BCUT2D eigenvalue weighted by atomic mass is 9.78. The van der Waals surface area contributed by atoms with Crippen molar-refractivity contribution in [2.24, 2.45) is 29.6 Å². The number of rotatable bonds is 7. The Labute approximate surface area is 156 Å². The molecule has 2 aliphatic carbocycles. The highest BCUT2D eigenvalue weighted by molar-refractivity contribution is 5.87. The number of aliphatic carboxylic acids is 1. The average molecular weight is 380 g/mol. The smallest absolute Gasteiger partial charge is 0.333 e. The highest BCUT2D eigenvalue weighted by Gasteiger charge is 2.70. The van der Waals surface area contributed by atoms with Crippen molar-refractivity contribution in [3.8, 4) is 0 Å². The average Bonchev–Trinajstić information content (AvgIpc) is 3.17. The Morgan fingerprint density at radius 2 is 1.96 bits per heavy atom. The summed E-state index contributed by atoms with van der Waals surface area (Å²) in [5, 5.41) is 9.48. The number of hydrogen-bond donors (Lipinski definition) is 1. The van der Waals surface area contributed by atoms with Crippen LogP contribution >= 0.6 is 0 Å². The van der Waals surface area contributed by atoms with Gasteiger partial charge in [-0.25, -0.2) is 4.79 Å². The van der Waals surface area contributed by atoms with Crippen LogP contribution in [0.15, 0.2) is 12.2 Å². The Kier molecular flexibility index (Phi) is 5.01. The van der Waals surface area contributed by atoms with Crippen LogP contribution < -0.4 is 0 Å². The molecule has 3 fully saturated rings. The molecule has 2 bridgehead atoms. The highest BCUT2D eigenvalue weighted by atomic mass is 16.6. The number of fused-ring (bicyclic) bond motifs is 1. The zero-order chi connectivity index (χ0) is 20.0. The lowest BCUT2D eigenvalue weighted by Crippen LogP contribution is -2.43. The first kappa shape index (κ1) is 19.4.